The van der Waals surface area contributed by atoms with Crippen LogP contribution >= 0.6 is 0 Å². The minimum atomic E-state index is -0.465. The average Bonchev–Trinajstić information content (AvgIpc) is 3.31. The second kappa shape index (κ2) is 10.6. The number of halogens is 1. The Kier molecular flexibility index (Phi) is 7.33. The van der Waals surface area contributed by atoms with E-state index in [2.05, 4.69) is 25.7 Å². The van der Waals surface area contributed by atoms with Gasteiger partial charge in [-0.05, 0) is 60.7 Å². The number of ether oxygens (including phenoxy) is 1. The number of rotatable bonds is 7. The lowest BCUT2D eigenvalue weighted by molar-refractivity contribution is -0.130. The highest BCUT2D eigenvalue weighted by Gasteiger charge is 2.23. The van der Waals surface area contributed by atoms with E-state index in [1.165, 1.54) is 19.2 Å². The first-order chi connectivity index (χ1) is 16.8. The number of likely N-dealkylation sites (tertiary alicyclic amines) is 1. The Morgan fingerprint density at radius 1 is 1.26 bits per heavy atom. The van der Waals surface area contributed by atoms with Crippen LogP contribution in [0.5, 0.6) is 5.75 Å². The highest BCUT2D eigenvalue weighted by atomic mass is 19.1. The zero-order valence-corrected chi connectivity index (χ0v) is 20.0. The lowest BCUT2D eigenvalue weighted by atomic mass is 9.98. The van der Waals surface area contributed by atoms with Gasteiger partial charge in [0, 0.05) is 37.8 Å². The van der Waals surface area contributed by atoms with Crippen LogP contribution in [0.1, 0.15) is 41.5 Å². The summed E-state index contributed by atoms with van der Waals surface area (Å²) < 4.78 is 18.6. The molecule has 1 saturated heterocycles. The Hall–Kier alpha value is -3.89. The zero-order chi connectivity index (χ0) is 24.9. The molecular weight excluding hydrogens is 453 g/mol. The second-order valence-corrected chi connectivity index (χ2v) is 8.68. The minimum Gasteiger partial charge on any atom is -0.494 e. The first-order valence-electron chi connectivity index (χ1n) is 11.5. The summed E-state index contributed by atoms with van der Waals surface area (Å²) in [4.78, 5) is 32.2. The lowest BCUT2D eigenvalue weighted by Crippen LogP contribution is -2.40. The van der Waals surface area contributed by atoms with Crippen molar-refractivity contribution in [1.29, 1.82) is 0 Å². The molecule has 0 unspecified atom stereocenters. The topological polar surface area (TPSA) is 115 Å². The third-order valence-electron chi connectivity index (χ3n) is 5.95. The van der Waals surface area contributed by atoms with E-state index in [4.69, 9.17) is 4.74 Å². The van der Waals surface area contributed by atoms with Gasteiger partial charge in [-0.3, -0.25) is 9.59 Å². The van der Waals surface area contributed by atoms with E-state index in [1.54, 1.807) is 36.8 Å². The third kappa shape index (κ3) is 5.97. The third-order valence-corrected chi connectivity index (χ3v) is 5.95. The van der Waals surface area contributed by atoms with Crippen molar-refractivity contribution >= 4 is 11.8 Å². The van der Waals surface area contributed by atoms with Crippen molar-refractivity contribution < 1.29 is 18.7 Å². The van der Waals surface area contributed by atoms with Crippen molar-refractivity contribution in [3.05, 3.63) is 53.1 Å². The Morgan fingerprint density at radius 2 is 2.09 bits per heavy atom. The molecule has 1 aliphatic rings. The quantitative estimate of drug-likeness (QED) is 0.551. The van der Waals surface area contributed by atoms with E-state index < -0.39 is 5.82 Å². The number of amides is 2. The molecule has 1 atom stereocenters. The number of hydrogen-bond acceptors (Lipinski definition) is 7. The monoisotopic (exact) mass is 481 g/mol. The molecule has 0 saturated carbocycles. The van der Waals surface area contributed by atoms with E-state index >= 15 is 0 Å². The van der Waals surface area contributed by atoms with Gasteiger partial charge in [0.1, 0.15) is 5.69 Å². The van der Waals surface area contributed by atoms with E-state index in [0.717, 1.165) is 19.4 Å². The van der Waals surface area contributed by atoms with Crippen molar-refractivity contribution in [1.82, 2.24) is 35.4 Å². The summed E-state index contributed by atoms with van der Waals surface area (Å²) >= 11 is 0. The van der Waals surface area contributed by atoms with Gasteiger partial charge in [0.2, 0.25) is 11.7 Å². The average molecular weight is 482 g/mol. The highest BCUT2D eigenvalue weighted by molar-refractivity contribution is 5.93. The van der Waals surface area contributed by atoms with Gasteiger partial charge in [0.05, 0.1) is 13.7 Å². The molecule has 2 aromatic heterocycles. The van der Waals surface area contributed by atoms with Gasteiger partial charge in [0.15, 0.2) is 11.6 Å². The summed E-state index contributed by atoms with van der Waals surface area (Å²) in [5, 5.41) is 15.6. The van der Waals surface area contributed by atoms with E-state index in [9.17, 15) is 14.0 Å². The fourth-order valence-electron chi connectivity index (χ4n) is 4.17. The minimum absolute atomic E-state index is 0.0820. The number of nitrogens with one attached hydrogen (secondary N) is 1. The molecule has 1 N–H and O–H groups in total. The molecule has 0 radical (unpaired) electrons. The number of pyridine rings is 1. The van der Waals surface area contributed by atoms with Crippen molar-refractivity contribution in [2.45, 2.75) is 39.8 Å². The van der Waals surface area contributed by atoms with Gasteiger partial charge >= 0.3 is 0 Å². The molecule has 11 heteroatoms. The summed E-state index contributed by atoms with van der Waals surface area (Å²) in [6, 6.07) is 7.82. The van der Waals surface area contributed by atoms with Crippen molar-refractivity contribution in [3.63, 3.8) is 0 Å². The molecule has 184 valence electrons. The highest BCUT2D eigenvalue weighted by Crippen LogP contribution is 2.21. The van der Waals surface area contributed by atoms with Gasteiger partial charge in [-0.2, -0.15) is 4.80 Å². The molecule has 1 aromatic carbocycles. The van der Waals surface area contributed by atoms with E-state index in [1.807, 2.05) is 4.90 Å². The Labute approximate surface area is 202 Å². The Balaban J connectivity index is 1.43. The normalized spacial score (nSPS) is 15.7. The number of hydrogen-bond donors (Lipinski definition) is 1. The number of aromatic nitrogens is 5. The zero-order valence-electron chi connectivity index (χ0n) is 20.0. The fraction of sp³-hybridized carbons (Fsp3) is 0.417. The first-order valence-corrected chi connectivity index (χ1v) is 11.5. The summed E-state index contributed by atoms with van der Waals surface area (Å²) in [6.07, 6.45) is 1.96. The van der Waals surface area contributed by atoms with Crippen molar-refractivity contribution in [3.8, 4) is 17.1 Å². The largest absolute Gasteiger partial charge is 0.494 e. The molecule has 3 aromatic rings. The van der Waals surface area contributed by atoms with Crippen LogP contribution in [0.25, 0.3) is 11.4 Å². The number of methoxy groups -OCH3 is 1. The standard InChI is InChI=1S/C24H28FN7O3/c1-15-9-19(23-28-30-32(29-23)14-18-5-4-8-31(13-18)16(2)33)11-21(27-15)24(34)26-12-17-6-7-20(25)22(10-17)35-3/h6-7,9-11,18H,4-5,8,12-14H2,1-3H3,(H,26,34)/t18-/m1/s1. The second-order valence-electron chi connectivity index (χ2n) is 8.68. The molecule has 3 heterocycles. The number of carbonyl (C=O) groups excluding carboxylic acids is 2. The van der Waals surface area contributed by atoms with Crippen molar-refractivity contribution in [2.75, 3.05) is 20.2 Å². The van der Waals surface area contributed by atoms with Crippen LogP contribution in [0.15, 0.2) is 30.3 Å². The Morgan fingerprint density at radius 3 is 2.86 bits per heavy atom. The van der Waals surface area contributed by atoms with Crippen LogP contribution in [-0.4, -0.2) is 62.1 Å². The van der Waals surface area contributed by atoms with Gasteiger partial charge in [-0.25, -0.2) is 9.37 Å². The summed E-state index contributed by atoms with van der Waals surface area (Å²) in [5.41, 5.74) is 2.18. The van der Waals surface area contributed by atoms with E-state index in [-0.39, 0.29) is 35.7 Å². The molecule has 0 spiro atoms. The molecule has 0 bridgehead atoms. The molecule has 0 aliphatic carbocycles. The van der Waals surface area contributed by atoms with Gasteiger partial charge in [0.25, 0.3) is 5.91 Å². The molecule has 35 heavy (non-hydrogen) atoms. The SMILES string of the molecule is COc1cc(CNC(=O)c2cc(-c3nnn(C[C@@H]4CCCN(C(C)=O)C4)n3)cc(C)n2)ccc1F. The molecule has 2 amide bonds. The predicted molar refractivity (Wildman–Crippen MR) is 125 cm³/mol. The first kappa shape index (κ1) is 24.2. The lowest BCUT2D eigenvalue weighted by Gasteiger charge is -2.31. The van der Waals surface area contributed by atoms with Crippen LogP contribution in [0.3, 0.4) is 0 Å². The van der Waals surface area contributed by atoms with E-state index in [0.29, 0.717) is 35.7 Å². The Bertz CT molecular complexity index is 1230. The molecule has 1 fully saturated rings. The maximum absolute atomic E-state index is 13.6. The van der Waals surface area contributed by atoms with Crippen LogP contribution < -0.4 is 10.1 Å². The number of tetrazole rings is 1. The molecule has 10 nitrogen and oxygen atoms in total. The summed E-state index contributed by atoms with van der Waals surface area (Å²) in [5.74, 6) is 0.0139. The summed E-state index contributed by atoms with van der Waals surface area (Å²) in [7, 11) is 1.39. The summed E-state index contributed by atoms with van der Waals surface area (Å²) in [6.45, 7) is 5.60. The van der Waals surface area contributed by atoms with Gasteiger partial charge in [-0.1, -0.05) is 6.07 Å². The van der Waals surface area contributed by atoms with Gasteiger partial charge < -0.3 is 15.0 Å². The van der Waals surface area contributed by atoms with Crippen LogP contribution in [0, 0.1) is 18.7 Å². The molecular formula is C24H28FN7O3. The number of benzene rings is 1. The van der Waals surface area contributed by atoms with Crippen LogP contribution in [0.4, 0.5) is 4.39 Å². The molecule has 1 aliphatic heterocycles. The maximum Gasteiger partial charge on any atom is 0.270 e. The van der Waals surface area contributed by atoms with Gasteiger partial charge in [-0.15, -0.1) is 10.2 Å². The predicted octanol–water partition coefficient (Wildman–Crippen LogP) is 2.38. The van der Waals surface area contributed by atoms with Crippen LogP contribution in [-0.2, 0) is 17.9 Å². The maximum atomic E-state index is 13.6. The fourth-order valence-corrected chi connectivity index (χ4v) is 4.17. The number of aryl methyl sites for hydroxylation is 1. The number of carbonyl (C=O) groups is 2. The van der Waals surface area contributed by atoms with Crippen LogP contribution in [0.2, 0.25) is 0 Å². The molecule has 4 rings (SSSR count). The smallest absolute Gasteiger partial charge is 0.270 e. The van der Waals surface area contributed by atoms with Crippen molar-refractivity contribution in [2.24, 2.45) is 5.92 Å². The number of nitrogens with zero attached hydrogens (tertiary/aromatic N) is 6. The number of piperidine rings is 1.